The smallest absolute Gasteiger partial charge is 0.133 e. The maximum Gasteiger partial charge on any atom is 0.133 e. The molecule has 0 heterocycles. The summed E-state index contributed by atoms with van der Waals surface area (Å²) in [7, 11) is 1.70. The quantitative estimate of drug-likeness (QED) is 0.827. The highest BCUT2D eigenvalue weighted by atomic mass is 79.9. The fourth-order valence-electron chi connectivity index (χ4n) is 2.45. The van der Waals surface area contributed by atoms with Crippen molar-refractivity contribution in [1.29, 1.82) is 0 Å². The van der Waals surface area contributed by atoms with Gasteiger partial charge < -0.3 is 10.1 Å². The van der Waals surface area contributed by atoms with E-state index in [1.54, 1.807) is 7.11 Å². The monoisotopic (exact) mass is 311 g/mol. The molecule has 1 atom stereocenters. The van der Waals surface area contributed by atoms with E-state index in [1.807, 2.05) is 6.07 Å². The first-order valence-electron chi connectivity index (χ1n) is 6.80. The van der Waals surface area contributed by atoms with E-state index in [4.69, 9.17) is 4.74 Å². The van der Waals surface area contributed by atoms with Gasteiger partial charge in [0.25, 0.3) is 0 Å². The molecule has 0 saturated heterocycles. The highest BCUT2D eigenvalue weighted by molar-refractivity contribution is 9.10. The fraction of sp³-hybridized carbons (Fsp3) is 0.600. The van der Waals surface area contributed by atoms with Crippen LogP contribution in [0.3, 0.4) is 0 Å². The Hall–Kier alpha value is -0.540. The third-order valence-electron chi connectivity index (χ3n) is 3.62. The molecule has 1 saturated carbocycles. The molecule has 1 aliphatic carbocycles. The molecule has 18 heavy (non-hydrogen) atoms. The SMILES string of the molecule is CCNC(CCc1ccc(OC)c(Br)c1)C1CC1. The number of methoxy groups -OCH3 is 1. The Bertz CT molecular complexity index is 390. The number of aryl methyl sites for hydroxylation is 1. The molecular formula is C15H22BrNO. The van der Waals surface area contributed by atoms with Crippen LogP contribution in [0.2, 0.25) is 0 Å². The topological polar surface area (TPSA) is 21.3 Å². The molecule has 0 spiro atoms. The second-order valence-corrected chi connectivity index (χ2v) is 5.86. The van der Waals surface area contributed by atoms with Crippen LogP contribution in [0.4, 0.5) is 0 Å². The highest BCUT2D eigenvalue weighted by Crippen LogP contribution is 2.35. The second-order valence-electron chi connectivity index (χ2n) is 5.01. The normalized spacial score (nSPS) is 16.6. The van der Waals surface area contributed by atoms with Gasteiger partial charge in [0.05, 0.1) is 11.6 Å². The molecule has 1 fully saturated rings. The summed E-state index contributed by atoms with van der Waals surface area (Å²) in [5, 5.41) is 3.62. The van der Waals surface area contributed by atoms with Gasteiger partial charge in [-0.05, 0) is 71.8 Å². The third kappa shape index (κ3) is 3.72. The van der Waals surface area contributed by atoms with Gasteiger partial charge in [0, 0.05) is 6.04 Å². The van der Waals surface area contributed by atoms with E-state index < -0.39 is 0 Å². The minimum absolute atomic E-state index is 0.705. The van der Waals surface area contributed by atoms with Gasteiger partial charge in [-0.1, -0.05) is 13.0 Å². The van der Waals surface area contributed by atoms with Gasteiger partial charge in [-0.15, -0.1) is 0 Å². The molecule has 1 aromatic carbocycles. The molecule has 0 radical (unpaired) electrons. The Balaban J connectivity index is 1.90. The maximum absolute atomic E-state index is 5.25. The summed E-state index contributed by atoms with van der Waals surface area (Å²) in [6.45, 7) is 3.27. The van der Waals surface area contributed by atoms with Crippen molar-refractivity contribution < 1.29 is 4.74 Å². The molecule has 3 heteroatoms. The zero-order valence-electron chi connectivity index (χ0n) is 11.2. The van der Waals surface area contributed by atoms with Crippen LogP contribution in [0.25, 0.3) is 0 Å². The molecule has 2 nitrogen and oxygen atoms in total. The Morgan fingerprint density at radius 2 is 2.22 bits per heavy atom. The predicted molar refractivity (Wildman–Crippen MR) is 79.2 cm³/mol. The van der Waals surface area contributed by atoms with Gasteiger partial charge in [0.1, 0.15) is 5.75 Å². The Morgan fingerprint density at radius 3 is 2.78 bits per heavy atom. The number of ether oxygens (including phenoxy) is 1. The van der Waals surface area contributed by atoms with E-state index in [0.717, 1.165) is 29.1 Å². The lowest BCUT2D eigenvalue weighted by Crippen LogP contribution is -2.31. The van der Waals surface area contributed by atoms with Gasteiger partial charge in [0.2, 0.25) is 0 Å². The number of hydrogen-bond acceptors (Lipinski definition) is 2. The van der Waals surface area contributed by atoms with E-state index in [0.29, 0.717) is 6.04 Å². The summed E-state index contributed by atoms with van der Waals surface area (Å²) in [5.74, 6) is 1.83. The standard InChI is InChI=1S/C15H22BrNO/c1-3-17-14(12-6-7-12)8-4-11-5-9-15(18-2)13(16)10-11/h5,9-10,12,14,17H,3-4,6-8H2,1-2H3. The maximum atomic E-state index is 5.25. The minimum atomic E-state index is 0.705. The Morgan fingerprint density at radius 1 is 1.44 bits per heavy atom. The van der Waals surface area contributed by atoms with Gasteiger partial charge in [-0.2, -0.15) is 0 Å². The van der Waals surface area contributed by atoms with Crippen LogP contribution < -0.4 is 10.1 Å². The lowest BCUT2D eigenvalue weighted by molar-refractivity contribution is 0.411. The fourth-order valence-corrected chi connectivity index (χ4v) is 3.04. The van der Waals surface area contributed by atoms with Crippen molar-refractivity contribution in [2.75, 3.05) is 13.7 Å². The lowest BCUT2D eigenvalue weighted by Gasteiger charge is -2.17. The van der Waals surface area contributed by atoms with Crippen molar-refractivity contribution in [3.05, 3.63) is 28.2 Å². The van der Waals surface area contributed by atoms with Crippen molar-refractivity contribution in [3.8, 4) is 5.75 Å². The molecule has 0 bridgehead atoms. The van der Waals surface area contributed by atoms with Crippen molar-refractivity contribution in [3.63, 3.8) is 0 Å². The number of nitrogens with one attached hydrogen (secondary N) is 1. The summed E-state index contributed by atoms with van der Waals surface area (Å²) in [6.07, 6.45) is 5.18. The van der Waals surface area contributed by atoms with E-state index in [2.05, 4.69) is 40.3 Å². The van der Waals surface area contributed by atoms with Crippen LogP contribution in [0.5, 0.6) is 5.75 Å². The summed E-state index contributed by atoms with van der Waals surface area (Å²) in [4.78, 5) is 0. The second kappa shape index (κ2) is 6.58. The zero-order chi connectivity index (χ0) is 13.0. The molecule has 1 aromatic rings. The van der Waals surface area contributed by atoms with Gasteiger partial charge in [0.15, 0.2) is 0 Å². The number of halogens is 1. The Kier molecular flexibility index (Phi) is 5.07. The van der Waals surface area contributed by atoms with Crippen molar-refractivity contribution in [2.45, 2.75) is 38.6 Å². The molecule has 1 N–H and O–H groups in total. The average molecular weight is 312 g/mol. The van der Waals surface area contributed by atoms with Crippen molar-refractivity contribution in [1.82, 2.24) is 5.32 Å². The van der Waals surface area contributed by atoms with Crippen LogP contribution in [0.15, 0.2) is 22.7 Å². The molecule has 0 amide bonds. The number of hydrogen-bond donors (Lipinski definition) is 1. The predicted octanol–water partition coefficient (Wildman–Crippen LogP) is 3.78. The van der Waals surface area contributed by atoms with Crippen LogP contribution in [0, 0.1) is 5.92 Å². The van der Waals surface area contributed by atoms with E-state index >= 15 is 0 Å². The first kappa shape index (κ1) is 13.9. The highest BCUT2D eigenvalue weighted by Gasteiger charge is 2.29. The van der Waals surface area contributed by atoms with Gasteiger partial charge in [-0.3, -0.25) is 0 Å². The van der Waals surface area contributed by atoms with Crippen LogP contribution in [0.1, 0.15) is 31.7 Å². The molecule has 1 unspecified atom stereocenters. The first-order chi connectivity index (χ1) is 8.74. The summed E-state index contributed by atoms with van der Waals surface area (Å²) >= 11 is 3.55. The van der Waals surface area contributed by atoms with Crippen LogP contribution in [-0.2, 0) is 6.42 Å². The zero-order valence-corrected chi connectivity index (χ0v) is 12.8. The summed E-state index contributed by atoms with van der Waals surface area (Å²) < 4.78 is 6.30. The Labute approximate surface area is 118 Å². The van der Waals surface area contributed by atoms with Gasteiger partial charge >= 0.3 is 0 Å². The van der Waals surface area contributed by atoms with E-state index in [9.17, 15) is 0 Å². The third-order valence-corrected chi connectivity index (χ3v) is 4.24. The molecule has 100 valence electrons. The first-order valence-corrected chi connectivity index (χ1v) is 7.59. The largest absolute Gasteiger partial charge is 0.496 e. The molecule has 2 rings (SSSR count). The van der Waals surface area contributed by atoms with E-state index in [-0.39, 0.29) is 0 Å². The van der Waals surface area contributed by atoms with Crippen LogP contribution >= 0.6 is 15.9 Å². The molecule has 1 aliphatic rings. The van der Waals surface area contributed by atoms with Crippen LogP contribution in [-0.4, -0.2) is 19.7 Å². The summed E-state index contributed by atoms with van der Waals surface area (Å²) in [5.41, 5.74) is 1.38. The molecular weight excluding hydrogens is 290 g/mol. The molecule has 0 aliphatic heterocycles. The minimum Gasteiger partial charge on any atom is -0.496 e. The van der Waals surface area contributed by atoms with Crippen molar-refractivity contribution >= 4 is 15.9 Å². The average Bonchev–Trinajstić information content (AvgIpc) is 3.19. The van der Waals surface area contributed by atoms with Gasteiger partial charge in [-0.25, -0.2) is 0 Å². The van der Waals surface area contributed by atoms with Crippen molar-refractivity contribution in [2.24, 2.45) is 5.92 Å². The van der Waals surface area contributed by atoms with E-state index in [1.165, 1.54) is 24.8 Å². The summed E-state index contributed by atoms with van der Waals surface area (Å²) in [6, 6.07) is 7.09. The number of benzene rings is 1. The lowest BCUT2D eigenvalue weighted by atomic mass is 10.0. The number of rotatable bonds is 7. The molecule has 0 aromatic heterocycles.